The van der Waals surface area contributed by atoms with Crippen LogP contribution in [0.1, 0.15) is 25.0 Å². The molecule has 0 spiro atoms. The van der Waals surface area contributed by atoms with Crippen LogP contribution in [0.3, 0.4) is 0 Å². The van der Waals surface area contributed by atoms with Crippen LogP contribution in [0, 0.1) is 0 Å². The van der Waals surface area contributed by atoms with Crippen molar-refractivity contribution in [1.82, 2.24) is 9.97 Å². The summed E-state index contributed by atoms with van der Waals surface area (Å²) in [5.74, 6) is 0.730. The lowest BCUT2D eigenvalue weighted by molar-refractivity contribution is 0.666. The molecule has 0 unspecified atom stereocenters. The number of hydrogen-bond acceptors (Lipinski definition) is 2. The molecule has 0 fully saturated rings. The van der Waals surface area contributed by atoms with E-state index in [1.807, 2.05) is 12.1 Å². The van der Waals surface area contributed by atoms with Crippen LogP contribution in [0.2, 0.25) is 0 Å². The fourth-order valence-electron chi connectivity index (χ4n) is 6.71. The van der Waals surface area contributed by atoms with E-state index in [-0.39, 0.29) is 5.41 Å². The summed E-state index contributed by atoms with van der Waals surface area (Å²) >= 11 is 0. The Labute approximate surface area is 252 Å². The van der Waals surface area contributed by atoms with Gasteiger partial charge >= 0.3 is 0 Å². The third-order valence-electron chi connectivity index (χ3n) is 8.88. The maximum atomic E-state index is 5.13. The second-order valence-electron chi connectivity index (χ2n) is 11.9. The van der Waals surface area contributed by atoms with Gasteiger partial charge < -0.3 is 0 Å². The van der Waals surface area contributed by atoms with Crippen LogP contribution in [0.4, 0.5) is 0 Å². The maximum absolute atomic E-state index is 5.13. The lowest BCUT2D eigenvalue weighted by Crippen LogP contribution is -2.15. The molecule has 0 N–H and O–H groups in total. The minimum Gasteiger partial charge on any atom is -0.228 e. The molecule has 6 aromatic carbocycles. The summed E-state index contributed by atoms with van der Waals surface area (Å²) in [6.07, 6.45) is 0. The van der Waals surface area contributed by atoms with Gasteiger partial charge in [-0.1, -0.05) is 147 Å². The van der Waals surface area contributed by atoms with Crippen LogP contribution >= 0.6 is 0 Å². The molecule has 0 radical (unpaired) electrons. The molecule has 0 bridgehead atoms. The van der Waals surface area contributed by atoms with Crippen LogP contribution in [-0.4, -0.2) is 9.97 Å². The van der Waals surface area contributed by atoms with Gasteiger partial charge in [0.05, 0.1) is 11.4 Å². The van der Waals surface area contributed by atoms with E-state index in [9.17, 15) is 0 Å². The fourth-order valence-corrected chi connectivity index (χ4v) is 6.71. The number of rotatable bonds is 4. The lowest BCUT2D eigenvalue weighted by Gasteiger charge is -2.23. The molecule has 0 amide bonds. The number of fused-ring (bicyclic) bond motifs is 5. The van der Waals surface area contributed by atoms with Gasteiger partial charge in [-0.15, -0.1) is 0 Å². The molecule has 1 heterocycles. The van der Waals surface area contributed by atoms with Crippen molar-refractivity contribution in [3.05, 3.63) is 157 Å². The van der Waals surface area contributed by atoms with Gasteiger partial charge in [0.25, 0.3) is 0 Å². The average Bonchev–Trinajstić information content (AvgIpc) is 3.31. The smallest absolute Gasteiger partial charge is 0.160 e. The number of nitrogens with zero attached hydrogens (tertiary/aromatic N) is 2. The lowest BCUT2D eigenvalue weighted by atomic mass is 9.80. The van der Waals surface area contributed by atoms with Crippen molar-refractivity contribution in [3.63, 3.8) is 0 Å². The monoisotopic (exact) mass is 550 g/mol. The molecule has 0 aliphatic heterocycles. The molecule has 2 nitrogen and oxygen atoms in total. The zero-order valence-corrected chi connectivity index (χ0v) is 24.3. The Morgan fingerprint density at radius 1 is 0.442 bits per heavy atom. The van der Waals surface area contributed by atoms with Crippen LogP contribution in [0.5, 0.6) is 0 Å². The standard InChI is InChI=1S/C41H30N2/c1-41(2)36-16-10-9-15-34(36)35-24-21-31-25-32(22-23-33(31)39(35)41)40-42-37(29-13-7-4-8-14-29)26-38(43-40)30-19-17-28(18-20-30)27-11-5-3-6-12-27/h3-26H,1-2H3. The first-order valence-electron chi connectivity index (χ1n) is 14.8. The highest BCUT2D eigenvalue weighted by molar-refractivity contribution is 5.99. The van der Waals surface area contributed by atoms with Crippen LogP contribution in [-0.2, 0) is 5.41 Å². The first-order valence-corrected chi connectivity index (χ1v) is 14.8. The molecule has 2 heteroatoms. The van der Waals surface area contributed by atoms with E-state index in [1.54, 1.807) is 0 Å². The molecule has 7 aromatic rings. The zero-order chi connectivity index (χ0) is 29.0. The molecule has 8 rings (SSSR count). The van der Waals surface area contributed by atoms with Gasteiger partial charge in [-0.3, -0.25) is 0 Å². The molecule has 1 aliphatic rings. The molecular formula is C41H30N2. The first-order chi connectivity index (χ1) is 21.1. The highest BCUT2D eigenvalue weighted by Gasteiger charge is 2.36. The van der Waals surface area contributed by atoms with Crippen molar-refractivity contribution in [1.29, 1.82) is 0 Å². The van der Waals surface area contributed by atoms with E-state index in [0.717, 1.165) is 33.9 Å². The highest BCUT2D eigenvalue weighted by Crippen LogP contribution is 2.51. The van der Waals surface area contributed by atoms with E-state index in [1.165, 1.54) is 44.2 Å². The third-order valence-corrected chi connectivity index (χ3v) is 8.88. The Hall–Kier alpha value is -5.34. The van der Waals surface area contributed by atoms with Crippen LogP contribution in [0.15, 0.2) is 146 Å². The summed E-state index contributed by atoms with van der Waals surface area (Å²) in [5.41, 5.74) is 12.8. The van der Waals surface area contributed by atoms with Crippen molar-refractivity contribution in [2.75, 3.05) is 0 Å². The number of aromatic nitrogens is 2. The van der Waals surface area contributed by atoms with Crippen LogP contribution < -0.4 is 0 Å². The van der Waals surface area contributed by atoms with E-state index in [0.29, 0.717) is 0 Å². The van der Waals surface area contributed by atoms with Gasteiger partial charge in [-0.25, -0.2) is 9.97 Å². The van der Waals surface area contributed by atoms with E-state index < -0.39 is 0 Å². The Bertz CT molecular complexity index is 2130. The van der Waals surface area contributed by atoms with E-state index in [2.05, 4.69) is 147 Å². The largest absolute Gasteiger partial charge is 0.228 e. The van der Waals surface area contributed by atoms with Gasteiger partial charge in [-0.05, 0) is 56.3 Å². The Morgan fingerprint density at radius 2 is 1.00 bits per heavy atom. The molecule has 1 aromatic heterocycles. The predicted octanol–water partition coefficient (Wildman–Crippen LogP) is 10.6. The second-order valence-corrected chi connectivity index (χ2v) is 11.9. The fraction of sp³-hybridized carbons (Fsp3) is 0.0732. The SMILES string of the molecule is CC1(C)c2ccccc2-c2ccc3cc(-c4nc(-c5ccccc5)cc(-c5ccc(-c6ccccc6)cc5)n4)ccc3c21. The van der Waals surface area contributed by atoms with Crippen molar-refractivity contribution in [2.24, 2.45) is 0 Å². The first kappa shape index (κ1) is 25.4. The van der Waals surface area contributed by atoms with Gasteiger partial charge in [0, 0.05) is 22.1 Å². The average molecular weight is 551 g/mol. The quantitative estimate of drug-likeness (QED) is 0.218. The highest BCUT2D eigenvalue weighted by atomic mass is 14.9. The Balaban J connectivity index is 1.25. The summed E-state index contributed by atoms with van der Waals surface area (Å²) in [6.45, 7) is 4.68. The zero-order valence-electron chi connectivity index (χ0n) is 24.3. The normalized spacial score (nSPS) is 13.1. The topological polar surface area (TPSA) is 25.8 Å². The minimum atomic E-state index is -0.0598. The Kier molecular flexibility index (Phi) is 5.84. The van der Waals surface area contributed by atoms with Crippen molar-refractivity contribution in [3.8, 4) is 56.2 Å². The van der Waals surface area contributed by atoms with Gasteiger partial charge in [0.2, 0.25) is 0 Å². The second kappa shape index (κ2) is 9.89. The Morgan fingerprint density at radius 3 is 1.72 bits per heavy atom. The number of benzene rings is 6. The third kappa shape index (κ3) is 4.26. The summed E-state index contributed by atoms with van der Waals surface area (Å²) in [6, 6.07) is 51.7. The molecule has 1 aliphatic carbocycles. The van der Waals surface area contributed by atoms with Gasteiger partial charge in [-0.2, -0.15) is 0 Å². The van der Waals surface area contributed by atoms with Crippen LogP contribution in [0.25, 0.3) is 66.9 Å². The summed E-state index contributed by atoms with van der Waals surface area (Å²) in [5, 5.41) is 2.50. The van der Waals surface area contributed by atoms with Gasteiger partial charge in [0.1, 0.15) is 0 Å². The van der Waals surface area contributed by atoms with Crippen molar-refractivity contribution in [2.45, 2.75) is 19.3 Å². The molecule has 204 valence electrons. The molecular weight excluding hydrogens is 520 g/mol. The molecule has 0 saturated carbocycles. The van der Waals surface area contributed by atoms with E-state index in [4.69, 9.17) is 9.97 Å². The predicted molar refractivity (Wildman–Crippen MR) is 179 cm³/mol. The molecule has 0 saturated heterocycles. The number of hydrogen-bond donors (Lipinski definition) is 0. The van der Waals surface area contributed by atoms with Gasteiger partial charge in [0.15, 0.2) is 5.82 Å². The minimum absolute atomic E-state index is 0.0598. The summed E-state index contributed by atoms with van der Waals surface area (Å²) in [7, 11) is 0. The molecule has 43 heavy (non-hydrogen) atoms. The summed E-state index contributed by atoms with van der Waals surface area (Å²) in [4.78, 5) is 10.2. The summed E-state index contributed by atoms with van der Waals surface area (Å²) < 4.78 is 0. The molecule has 0 atom stereocenters. The maximum Gasteiger partial charge on any atom is 0.160 e. The van der Waals surface area contributed by atoms with Crippen molar-refractivity contribution < 1.29 is 0 Å². The van der Waals surface area contributed by atoms with Crippen molar-refractivity contribution >= 4 is 10.8 Å². The van der Waals surface area contributed by atoms with E-state index >= 15 is 0 Å².